The number of ether oxygens (including phenoxy) is 1. The molecule has 1 aliphatic carbocycles. The van der Waals surface area contributed by atoms with E-state index in [1.165, 1.54) is 12.3 Å². The monoisotopic (exact) mass is 463 g/mol. The Morgan fingerprint density at radius 3 is 2.76 bits per heavy atom. The lowest BCUT2D eigenvalue weighted by molar-refractivity contribution is 0.122. The van der Waals surface area contributed by atoms with Gasteiger partial charge in [0, 0.05) is 30.9 Å². The van der Waals surface area contributed by atoms with E-state index in [0.29, 0.717) is 53.9 Å². The summed E-state index contributed by atoms with van der Waals surface area (Å²) in [4.78, 5) is 15.5. The Balaban J connectivity index is 1.40. The Bertz CT molecular complexity index is 1370. The van der Waals surface area contributed by atoms with Gasteiger partial charge >= 0.3 is 0 Å². The van der Waals surface area contributed by atoms with Crippen LogP contribution in [0.5, 0.6) is 0 Å². The average molecular weight is 463 g/mol. The van der Waals surface area contributed by atoms with Crippen LogP contribution < -0.4 is 10.6 Å². The number of nitrogens with one attached hydrogen (secondary N) is 1. The van der Waals surface area contributed by atoms with Crippen molar-refractivity contribution in [2.75, 3.05) is 31.2 Å². The van der Waals surface area contributed by atoms with E-state index < -0.39 is 11.6 Å². The van der Waals surface area contributed by atoms with E-state index in [9.17, 15) is 0 Å². The minimum absolute atomic E-state index is 0.0232. The number of rotatable bonds is 3. The van der Waals surface area contributed by atoms with Crippen LogP contribution in [0.25, 0.3) is 33.7 Å². The summed E-state index contributed by atoms with van der Waals surface area (Å²) in [5, 5.41) is 7.26. The van der Waals surface area contributed by atoms with E-state index in [1.54, 1.807) is 6.20 Å². The van der Waals surface area contributed by atoms with Crippen molar-refractivity contribution in [1.29, 1.82) is 0 Å². The SMILES string of the molecule is NC1CCCc2c1cc(F)c(-c1ncc3[nH]nc(-c4ccc(N5CCOCC5)nc4)c3n1)c2F. The zero-order valence-electron chi connectivity index (χ0n) is 18.4. The molecular weight excluding hydrogens is 440 g/mol. The van der Waals surface area contributed by atoms with Gasteiger partial charge < -0.3 is 15.4 Å². The molecule has 2 aliphatic rings. The minimum atomic E-state index is -0.713. The molecule has 1 aliphatic heterocycles. The molecule has 1 saturated heterocycles. The number of anilines is 1. The van der Waals surface area contributed by atoms with Gasteiger partial charge in [0.15, 0.2) is 5.82 Å². The number of fused-ring (bicyclic) bond motifs is 2. The van der Waals surface area contributed by atoms with Crippen LogP contribution in [0.4, 0.5) is 14.6 Å². The minimum Gasteiger partial charge on any atom is -0.378 e. The third-order valence-electron chi connectivity index (χ3n) is 6.58. The second-order valence-electron chi connectivity index (χ2n) is 8.65. The molecule has 0 amide bonds. The normalized spacial score (nSPS) is 18.3. The van der Waals surface area contributed by atoms with E-state index >= 15 is 8.78 Å². The number of aromatic amines is 1. The predicted molar refractivity (Wildman–Crippen MR) is 123 cm³/mol. The first-order valence-corrected chi connectivity index (χ1v) is 11.4. The van der Waals surface area contributed by atoms with Crippen LogP contribution in [0, 0.1) is 11.6 Å². The van der Waals surface area contributed by atoms with Crippen molar-refractivity contribution in [1.82, 2.24) is 25.1 Å². The van der Waals surface area contributed by atoms with Crippen LogP contribution in [-0.2, 0) is 11.2 Å². The summed E-state index contributed by atoms with van der Waals surface area (Å²) in [5.74, 6) is -0.510. The summed E-state index contributed by atoms with van der Waals surface area (Å²) in [7, 11) is 0. The Morgan fingerprint density at radius 1 is 1.12 bits per heavy atom. The second kappa shape index (κ2) is 8.37. The van der Waals surface area contributed by atoms with Gasteiger partial charge in [-0.3, -0.25) is 5.10 Å². The van der Waals surface area contributed by atoms with Crippen molar-refractivity contribution in [2.45, 2.75) is 25.3 Å². The summed E-state index contributed by atoms with van der Waals surface area (Å²) in [5.41, 5.74) is 9.15. The molecule has 174 valence electrons. The first-order valence-electron chi connectivity index (χ1n) is 11.4. The van der Waals surface area contributed by atoms with Crippen molar-refractivity contribution >= 4 is 16.9 Å². The zero-order valence-corrected chi connectivity index (χ0v) is 18.4. The number of benzene rings is 1. The first-order chi connectivity index (χ1) is 16.6. The summed E-state index contributed by atoms with van der Waals surface area (Å²) >= 11 is 0. The highest BCUT2D eigenvalue weighted by molar-refractivity contribution is 5.90. The molecule has 0 spiro atoms. The fourth-order valence-electron chi connectivity index (χ4n) is 4.76. The molecule has 0 saturated carbocycles. The molecule has 6 rings (SSSR count). The lowest BCUT2D eigenvalue weighted by Crippen LogP contribution is -2.36. The van der Waals surface area contributed by atoms with Gasteiger partial charge in [0.25, 0.3) is 0 Å². The van der Waals surface area contributed by atoms with E-state index in [-0.39, 0.29) is 17.4 Å². The zero-order chi connectivity index (χ0) is 23.2. The number of nitrogens with zero attached hydrogens (tertiary/aromatic N) is 5. The van der Waals surface area contributed by atoms with E-state index in [0.717, 1.165) is 30.9 Å². The summed E-state index contributed by atoms with van der Waals surface area (Å²) < 4.78 is 35.9. The Morgan fingerprint density at radius 2 is 1.97 bits per heavy atom. The molecule has 4 aromatic rings. The van der Waals surface area contributed by atoms with Crippen LogP contribution >= 0.6 is 0 Å². The quantitative estimate of drug-likeness (QED) is 0.479. The third kappa shape index (κ3) is 3.50. The average Bonchev–Trinajstić information content (AvgIpc) is 3.29. The van der Waals surface area contributed by atoms with Gasteiger partial charge in [-0.15, -0.1) is 0 Å². The maximum atomic E-state index is 15.4. The highest BCUT2D eigenvalue weighted by atomic mass is 19.1. The molecule has 3 N–H and O–H groups in total. The maximum Gasteiger partial charge on any atom is 0.165 e. The molecule has 1 fully saturated rings. The Labute approximate surface area is 194 Å². The highest BCUT2D eigenvalue weighted by Gasteiger charge is 2.27. The molecule has 1 atom stereocenters. The number of H-pyrrole nitrogens is 1. The molecule has 34 heavy (non-hydrogen) atoms. The van der Waals surface area contributed by atoms with Gasteiger partial charge in [-0.05, 0) is 48.6 Å². The van der Waals surface area contributed by atoms with Gasteiger partial charge in [-0.25, -0.2) is 23.7 Å². The van der Waals surface area contributed by atoms with E-state index in [1.807, 2.05) is 12.1 Å². The number of hydrogen-bond acceptors (Lipinski definition) is 7. The van der Waals surface area contributed by atoms with Gasteiger partial charge in [0.2, 0.25) is 0 Å². The largest absolute Gasteiger partial charge is 0.378 e. The number of morpholine rings is 1. The van der Waals surface area contributed by atoms with Crippen molar-refractivity contribution in [3.8, 4) is 22.6 Å². The third-order valence-corrected chi connectivity index (χ3v) is 6.58. The topological polar surface area (TPSA) is 106 Å². The number of aromatic nitrogens is 5. The summed E-state index contributed by atoms with van der Waals surface area (Å²) in [6.07, 6.45) is 5.21. The van der Waals surface area contributed by atoms with Crippen molar-refractivity contribution in [3.05, 3.63) is 53.4 Å². The fraction of sp³-hybridized carbons (Fsp3) is 0.333. The maximum absolute atomic E-state index is 15.4. The smallest absolute Gasteiger partial charge is 0.165 e. The number of hydrogen-bond donors (Lipinski definition) is 2. The summed E-state index contributed by atoms with van der Waals surface area (Å²) in [6.45, 7) is 2.93. The van der Waals surface area contributed by atoms with Crippen LogP contribution in [0.3, 0.4) is 0 Å². The van der Waals surface area contributed by atoms with Crippen LogP contribution in [-0.4, -0.2) is 51.5 Å². The van der Waals surface area contributed by atoms with Crippen molar-refractivity contribution in [2.24, 2.45) is 5.73 Å². The Kier molecular flexibility index (Phi) is 5.19. The molecule has 3 aromatic heterocycles. The molecule has 8 nitrogen and oxygen atoms in total. The molecule has 0 bridgehead atoms. The molecule has 0 radical (unpaired) electrons. The standard InChI is InChI=1S/C24H23F2N7O/c25-16-10-15-14(2-1-3-17(15)27)21(26)20(16)24-29-12-18-23(30-24)22(32-31-18)13-4-5-19(28-11-13)33-6-8-34-9-7-33/h4-5,10-12,17H,1-3,6-9,27H2,(H,31,32). The van der Waals surface area contributed by atoms with E-state index in [4.69, 9.17) is 10.5 Å². The number of nitrogens with two attached hydrogens (primary N) is 1. The molecule has 1 aromatic carbocycles. The lowest BCUT2D eigenvalue weighted by Gasteiger charge is -2.27. The van der Waals surface area contributed by atoms with Gasteiger partial charge in [0.05, 0.1) is 25.0 Å². The van der Waals surface area contributed by atoms with Crippen molar-refractivity contribution in [3.63, 3.8) is 0 Å². The molecular formula is C24H23F2N7O. The van der Waals surface area contributed by atoms with Crippen molar-refractivity contribution < 1.29 is 13.5 Å². The molecule has 10 heteroatoms. The highest BCUT2D eigenvalue weighted by Crippen LogP contribution is 2.36. The first kappa shape index (κ1) is 21.1. The Hall–Kier alpha value is -3.50. The number of halogens is 2. The van der Waals surface area contributed by atoms with Crippen LogP contribution in [0.1, 0.15) is 30.0 Å². The summed E-state index contributed by atoms with van der Waals surface area (Å²) in [6, 6.07) is 4.81. The number of pyridine rings is 1. The predicted octanol–water partition coefficient (Wildman–Crippen LogP) is 3.53. The fourth-order valence-corrected chi connectivity index (χ4v) is 4.76. The van der Waals surface area contributed by atoms with E-state index in [2.05, 4.69) is 30.0 Å². The second-order valence-corrected chi connectivity index (χ2v) is 8.65. The van der Waals surface area contributed by atoms with Gasteiger partial charge in [-0.2, -0.15) is 5.10 Å². The molecule has 1 unspecified atom stereocenters. The van der Waals surface area contributed by atoms with Gasteiger partial charge in [0.1, 0.15) is 34.2 Å². The van der Waals surface area contributed by atoms with Crippen LogP contribution in [0.15, 0.2) is 30.6 Å². The molecule has 4 heterocycles. The van der Waals surface area contributed by atoms with Gasteiger partial charge in [-0.1, -0.05) is 0 Å². The lowest BCUT2D eigenvalue weighted by atomic mass is 9.86. The van der Waals surface area contributed by atoms with Crippen LogP contribution in [0.2, 0.25) is 0 Å².